The van der Waals surface area contributed by atoms with Gasteiger partial charge in [0.2, 0.25) is 5.88 Å². The Balaban J connectivity index is 1.96. The first-order chi connectivity index (χ1) is 7.34. The molecule has 0 fully saturated rings. The van der Waals surface area contributed by atoms with Crippen LogP contribution in [0.15, 0.2) is 42.5 Å². The van der Waals surface area contributed by atoms with Gasteiger partial charge in [0.15, 0.2) is 0 Å². The Hall–Kier alpha value is -1.83. The largest absolute Gasteiger partial charge is 0.493 e. The van der Waals surface area contributed by atoms with Gasteiger partial charge in [-0.1, -0.05) is 36.4 Å². The van der Waals surface area contributed by atoms with E-state index >= 15 is 0 Å². The van der Waals surface area contributed by atoms with Gasteiger partial charge in [-0.05, 0) is 24.0 Å². The summed E-state index contributed by atoms with van der Waals surface area (Å²) in [7, 11) is 0. The highest BCUT2D eigenvalue weighted by atomic mass is 16.3. The van der Waals surface area contributed by atoms with Crippen LogP contribution < -0.4 is 0 Å². The molecule has 0 saturated heterocycles. The Morgan fingerprint density at radius 1 is 1.00 bits per heavy atom. The van der Waals surface area contributed by atoms with Gasteiger partial charge in [0.25, 0.3) is 0 Å². The molecule has 1 heterocycles. The third-order valence-corrected chi connectivity index (χ3v) is 2.27. The second kappa shape index (κ2) is 4.60. The van der Waals surface area contributed by atoms with E-state index < -0.39 is 0 Å². The molecule has 2 aromatic rings. The fourth-order valence-corrected chi connectivity index (χ4v) is 1.44. The minimum absolute atomic E-state index is 0.0264. The summed E-state index contributed by atoms with van der Waals surface area (Å²) in [6, 6.07) is 13.7. The van der Waals surface area contributed by atoms with E-state index in [-0.39, 0.29) is 5.88 Å². The van der Waals surface area contributed by atoms with E-state index in [2.05, 4.69) is 23.3 Å². The van der Waals surface area contributed by atoms with Crippen LogP contribution in [0.25, 0.3) is 0 Å². The number of aromatic hydroxyl groups is 1. The zero-order chi connectivity index (χ0) is 10.5. The molecule has 1 radical (unpaired) electrons. The lowest BCUT2D eigenvalue weighted by Crippen LogP contribution is -1.91. The van der Waals surface area contributed by atoms with Crippen LogP contribution in [0.5, 0.6) is 5.88 Å². The lowest BCUT2D eigenvalue weighted by molar-refractivity contribution is 0.452. The monoisotopic (exact) mass is 198 g/mol. The minimum Gasteiger partial charge on any atom is -0.493 e. The van der Waals surface area contributed by atoms with Crippen molar-refractivity contribution in [2.75, 3.05) is 0 Å². The van der Waals surface area contributed by atoms with Crippen molar-refractivity contribution in [2.24, 2.45) is 0 Å². The normalized spacial score (nSPS) is 10.1. The van der Waals surface area contributed by atoms with Crippen molar-refractivity contribution in [3.63, 3.8) is 0 Å². The quantitative estimate of drug-likeness (QED) is 0.821. The molecule has 0 spiro atoms. The minimum atomic E-state index is 0.0264. The summed E-state index contributed by atoms with van der Waals surface area (Å²) in [6.45, 7) is 0. The van der Waals surface area contributed by atoms with Crippen LogP contribution in [-0.2, 0) is 12.8 Å². The van der Waals surface area contributed by atoms with E-state index in [4.69, 9.17) is 5.11 Å². The fourth-order valence-electron chi connectivity index (χ4n) is 1.44. The van der Waals surface area contributed by atoms with Crippen LogP contribution in [0.4, 0.5) is 0 Å². The number of nitrogens with zero attached hydrogens (tertiary/aromatic N) is 1. The maximum absolute atomic E-state index is 9.00. The molecule has 75 valence electrons. The van der Waals surface area contributed by atoms with E-state index in [1.807, 2.05) is 24.3 Å². The van der Waals surface area contributed by atoms with E-state index in [1.54, 1.807) is 6.07 Å². The standard InChI is InChI=1S/C13H12NO/c15-13-9-8-12(10-14-13)7-6-11-4-2-1-3-5-11/h1-5,8-9H,6-7H2,(H,14,15). The highest BCUT2D eigenvalue weighted by molar-refractivity contribution is 5.19. The number of aryl methyl sites for hydroxylation is 2. The highest BCUT2D eigenvalue weighted by Crippen LogP contribution is 2.08. The van der Waals surface area contributed by atoms with Gasteiger partial charge in [-0.25, -0.2) is 4.98 Å². The van der Waals surface area contributed by atoms with Crippen molar-refractivity contribution in [1.29, 1.82) is 0 Å². The van der Waals surface area contributed by atoms with Crippen LogP contribution >= 0.6 is 0 Å². The Kier molecular flexibility index (Phi) is 2.98. The van der Waals surface area contributed by atoms with Gasteiger partial charge in [0.1, 0.15) is 0 Å². The maximum Gasteiger partial charge on any atom is 0.211 e. The topological polar surface area (TPSA) is 33.1 Å². The SMILES string of the molecule is Oc1ccc(CCc2ccccc2)[c]n1. The second-order valence-corrected chi connectivity index (χ2v) is 3.43. The second-order valence-electron chi connectivity index (χ2n) is 3.43. The average Bonchev–Trinajstić information content (AvgIpc) is 2.30. The summed E-state index contributed by atoms with van der Waals surface area (Å²) in [5.74, 6) is 0.0264. The molecule has 0 unspecified atom stereocenters. The number of aromatic nitrogens is 1. The van der Waals surface area contributed by atoms with E-state index in [9.17, 15) is 0 Å². The van der Waals surface area contributed by atoms with Crippen LogP contribution in [0.1, 0.15) is 11.1 Å². The van der Waals surface area contributed by atoms with Gasteiger partial charge in [-0.2, -0.15) is 0 Å². The molecule has 0 aliphatic carbocycles. The molecule has 2 rings (SSSR count). The molecule has 0 saturated carbocycles. The zero-order valence-electron chi connectivity index (χ0n) is 8.35. The van der Waals surface area contributed by atoms with Crippen molar-refractivity contribution in [2.45, 2.75) is 12.8 Å². The number of benzene rings is 1. The predicted octanol–water partition coefficient (Wildman–Crippen LogP) is 2.37. The Bertz CT molecular complexity index is 408. The van der Waals surface area contributed by atoms with Gasteiger partial charge >= 0.3 is 0 Å². The number of hydrogen-bond acceptors (Lipinski definition) is 2. The molecule has 1 aromatic heterocycles. The molecule has 2 nitrogen and oxygen atoms in total. The van der Waals surface area contributed by atoms with E-state index in [0.29, 0.717) is 0 Å². The van der Waals surface area contributed by atoms with Crippen molar-refractivity contribution in [3.8, 4) is 5.88 Å². The maximum atomic E-state index is 9.00. The third kappa shape index (κ3) is 2.81. The Morgan fingerprint density at radius 2 is 1.80 bits per heavy atom. The van der Waals surface area contributed by atoms with Gasteiger partial charge < -0.3 is 5.11 Å². The van der Waals surface area contributed by atoms with Gasteiger partial charge in [0.05, 0.1) is 6.20 Å². The lowest BCUT2D eigenvalue weighted by Gasteiger charge is -2.00. The first kappa shape index (κ1) is 9.71. The van der Waals surface area contributed by atoms with Crippen LogP contribution in [0.2, 0.25) is 0 Å². The number of pyridine rings is 1. The molecule has 0 aliphatic heterocycles. The van der Waals surface area contributed by atoms with Crippen LogP contribution in [-0.4, -0.2) is 10.1 Å². The van der Waals surface area contributed by atoms with Gasteiger partial charge in [0, 0.05) is 6.07 Å². The van der Waals surface area contributed by atoms with Crippen LogP contribution in [0.3, 0.4) is 0 Å². The highest BCUT2D eigenvalue weighted by Gasteiger charge is 1.96. The number of hydrogen-bond donors (Lipinski definition) is 1. The third-order valence-electron chi connectivity index (χ3n) is 2.27. The van der Waals surface area contributed by atoms with Crippen molar-refractivity contribution >= 4 is 0 Å². The van der Waals surface area contributed by atoms with Crippen molar-refractivity contribution < 1.29 is 5.11 Å². The molecular formula is C13H12NO. The predicted molar refractivity (Wildman–Crippen MR) is 58.6 cm³/mol. The summed E-state index contributed by atoms with van der Waals surface area (Å²) >= 11 is 0. The fraction of sp³-hybridized carbons (Fsp3) is 0.154. The van der Waals surface area contributed by atoms with Crippen molar-refractivity contribution in [3.05, 3.63) is 59.8 Å². The molecule has 0 aliphatic rings. The van der Waals surface area contributed by atoms with Crippen molar-refractivity contribution in [1.82, 2.24) is 4.98 Å². The Labute approximate surface area is 89.2 Å². The summed E-state index contributed by atoms with van der Waals surface area (Å²) < 4.78 is 0. The van der Waals surface area contributed by atoms with E-state index in [0.717, 1.165) is 18.4 Å². The molecule has 0 bridgehead atoms. The first-order valence-electron chi connectivity index (χ1n) is 4.95. The summed E-state index contributed by atoms with van der Waals surface area (Å²) in [5.41, 5.74) is 2.33. The van der Waals surface area contributed by atoms with Crippen LogP contribution in [0, 0.1) is 6.20 Å². The molecular weight excluding hydrogens is 186 g/mol. The summed E-state index contributed by atoms with van der Waals surface area (Å²) in [6.07, 6.45) is 4.68. The molecule has 1 aromatic carbocycles. The molecule has 0 atom stereocenters. The van der Waals surface area contributed by atoms with Gasteiger partial charge in [-0.3, -0.25) is 0 Å². The average molecular weight is 198 g/mol. The molecule has 15 heavy (non-hydrogen) atoms. The zero-order valence-corrected chi connectivity index (χ0v) is 8.35. The van der Waals surface area contributed by atoms with E-state index in [1.165, 1.54) is 5.56 Å². The summed E-state index contributed by atoms with van der Waals surface area (Å²) in [4.78, 5) is 3.72. The lowest BCUT2D eigenvalue weighted by atomic mass is 10.1. The smallest absolute Gasteiger partial charge is 0.211 e. The Morgan fingerprint density at radius 3 is 2.47 bits per heavy atom. The molecule has 0 amide bonds. The first-order valence-corrected chi connectivity index (χ1v) is 4.95. The molecule has 2 heteroatoms. The molecule has 1 N–H and O–H groups in total. The summed E-state index contributed by atoms with van der Waals surface area (Å²) in [5, 5.41) is 9.00. The number of rotatable bonds is 3. The van der Waals surface area contributed by atoms with Gasteiger partial charge in [-0.15, -0.1) is 0 Å².